The molecule has 0 amide bonds. The van der Waals surface area contributed by atoms with Crippen LogP contribution in [0.2, 0.25) is 0 Å². The van der Waals surface area contributed by atoms with Crippen molar-refractivity contribution in [3.8, 4) is 163 Å². The fourth-order valence-electron chi connectivity index (χ4n) is 17.5. The van der Waals surface area contributed by atoms with Crippen molar-refractivity contribution in [3.05, 3.63) is 395 Å². The summed E-state index contributed by atoms with van der Waals surface area (Å²) in [6, 6.07) is 110. The van der Waals surface area contributed by atoms with E-state index >= 15 is 8.78 Å². The molecule has 0 spiro atoms. The maximum Gasteiger partial charge on any atom is 0.498 e. The first-order valence-corrected chi connectivity index (χ1v) is 48.0. The van der Waals surface area contributed by atoms with Crippen molar-refractivity contribution in [1.82, 2.24) is 0 Å². The molecule has 5 atom stereocenters. The predicted molar refractivity (Wildman–Crippen MR) is 554 cm³/mol. The van der Waals surface area contributed by atoms with E-state index in [4.69, 9.17) is 37.7 Å². The van der Waals surface area contributed by atoms with E-state index in [2.05, 4.69) is 242 Å². The Morgan fingerprint density at radius 1 is 0.321 bits per heavy atom. The van der Waals surface area contributed by atoms with Crippen molar-refractivity contribution in [2.45, 2.75) is 150 Å². The van der Waals surface area contributed by atoms with E-state index in [1.807, 2.05) is 139 Å². The van der Waals surface area contributed by atoms with Gasteiger partial charge in [-0.3, -0.25) is 0 Å². The summed E-state index contributed by atoms with van der Waals surface area (Å²) in [6.07, 6.45) is 2.51. The summed E-state index contributed by atoms with van der Waals surface area (Å²) in [5, 5.41) is 24.5. The lowest BCUT2D eigenvalue weighted by atomic mass is 9.75. The van der Waals surface area contributed by atoms with Crippen molar-refractivity contribution >= 4 is 44.4 Å². The zero-order valence-electron chi connectivity index (χ0n) is 78.5. The lowest BCUT2D eigenvalue weighted by Crippen LogP contribution is -2.41. The molecule has 2 saturated heterocycles. The molecule has 18 rings (SSSR count). The van der Waals surface area contributed by atoms with Gasteiger partial charge in [0.05, 0.1) is 51.2 Å². The average molecular weight is 1960 g/mol. The van der Waals surface area contributed by atoms with Crippen molar-refractivity contribution in [3.63, 3.8) is 0 Å². The fourth-order valence-corrected chi connectivity index (χ4v) is 18.4. The number of halogens is 6. The molecule has 0 aromatic heterocycles. The van der Waals surface area contributed by atoms with Crippen molar-refractivity contribution in [2.24, 2.45) is 0 Å². The Kier molecular flexibility index (Phi) is 30.7. The molecule has 2 aliphatic heterocycles. The van der Waals surface area contributed by atoms with Crippen LogP contribution in [0.1, 0.15) is 104 Å². The largest absolute Gasteiger partial charge is 0.507 e. The minimum absolute atomic E-state index is 0.00144. The van der Waals surface area contributed by atoms with E-state index in [1.165, 1.54) is 59.7 Å². The van der Waals surface area contributed by atoms with Crippen LogP contribution in [0.5, 0.6) is 40.2 Å². The molecule has 0 bridgehead atoms. The summed E-state index contributed by atoms with van der Waals surface area (Å²) in [7, 11) is -0.553. The van der Waals surface area contributed by atoms with Crippen molar-refractivity contribution in [2.75, 3.05) is 6.61 Å². The number of hydrogen-bond acceptors (Lipinski definition) is 10. The molecule has 2 fully saturated rings. The van der Waals surface area contributed by atoms with Gasteiger partial charge in [0.1, 0.15) is 63.5 Å². The third-order valence-electron chi connectivity index (χ3n) is 24.9. The normalized spacial score (nSPS) is 14.6. The molecule has 0 radical (unpaired) electrons. The number of aromatic hydroxyl groups is 2. The zero-order chi connectivity index (χ0) is 96.2. The summed E-state index contributed by atoms with van der Waals surface area (Å²) >= 11 is 6.55. The van der Waals surface area contributed by atoms with Crippen LogP contribution >= 0.6 is 31.9 Å². The van der Waals surface area contributed by atoms with Gasteiger partial charge in [0, 0.05) is 63.7 Å². The van der Waals surface area contributed by atoms with Crippen molar-refractivity contribution in [1.29, 1.82) is 0 Å². The van der Waals surface area contributed by atoms with Gasteiger partial charge in [0.2, 0.25) is 0 Å². The van der Waals surface area contributed by atoms with Crippen LogP contribution in [0, 0.1) is 44.0 Å². The third kappa shape index (κ3) is 23.9. The second kappa shape index (κ2) is 43.4. The molecule has 10 nitrogen and oxygen atoms in total. The molecule has 17 heteroatoms. The Bertz CT molecular complexity index is 6420. The Balaban J connectivity index is 0.000000176. The molecule has 16 aromatic carbocycles. The standard InChI is InChI=1S/C67H54F2O4.C36H39BO4.C17H16Br2F2O2/c1-42-29-58(54-36-50(46-17-9-5-10-18-46)34-51(37-54)47-19-11-6-12-20-47)66(70)62(31-42)60-40-56(68)25-27-64(60)72-44(3)33-45(4)73-65-28-26-57(69)41-61(65)63-32-43(2)30-59(67(63)71)55-38-52(48-21-13-7-14-22-48)35-53(39-55)49-23-15-8-16-24-49;1-25-20-31(30-23-28(26-14-8-6-9-15-26)22-29(24-30)27-16-10-7-11-17-27)34(39-33-18-12-13-19-38-33)32(21-25)37-40-35(2,3)36(4,5)41-37;1-10(22-16-5-3-12(20)8-14(16)18)7-11(2)23-17-6-4-13(21)9-15(17)19/h5-32,34-41,44-45,70-71H,33H2,1-4H3;6-11,14-17,20-24,33H,12-13,18-19H2,1-5H3;3-6,8-11H,7H2,1-2H3/t44-,45+;;10-,11+. The number of hydrogen-bond donors (Lipinski definition) is 2. The van der Waals surface area contributed by atoms with Crippen LogP contribution < -0.4 is 29.1 Å². The highest BCUT2D eigenvalue weighted by atomic mass is 79.9. The van der Waals surface area contributed by atoms with Crippen LogP contribution in [0.25, 0.3) is 122 Å². The highest BCUT2D eigenvalue weighted by molar-refractivity contribution is 9.11. The van der Waals surface area contributed by atoms with Gasteiger partial charge in [-0.25, -0.2) is 17.6 Å². The number of benzene rings is 16. The SMILES string of the molecule is C[C@H](C[C@H](C)Oc1ccc(F)cc1Br)Oc1ccc(F)cc1Br.Cc1cc(-c2cc(-c3ccccc3)cc(-c3ccccc3)c2)c(O)c(-c2cc(F)ccc2O[C@H](C)C[C@H](C)Oc2ccc(F)cc2-c2cc(C)cc(-c3cc(-c4ccccc4)cc(-c4ccccc4)c3)c2O)c1.Cc1cc(B2OC(C)(C)C(C)(C)O2)c(OC2CCCCO2)c(-c2cc(-c3ccccc3)cc(-c3ccccc3)c2)c1. The van der Waals surface area contributed by atoms with Gasteiger partial charge in [-0.1, -0.05) is 194 Å². The maximum atomic E-state index is 15.3. The lowest BCUT2D eigenvalue weighted by Gasteiger charge is -2.32. The maximum absolute atomic E-state index is 15.3. The van der Waals surface area contributed by atoms with Crippen LogP contribution in [0.15, 0.2) is 355 Å². The summed E-state index contributed by atoms with van der Waals surface area (Å²) in [5.74, 6) is 1.11. The first-order valence-electron chi connectivity index (χ1n) is 46.4. The molecule has 2 N–H and O–H groups in total. The number of ether oxygens (including phenoxy) is 6. The van der Waals surface area contributed by atoms with E-state index in [0.717, 1.165) is 125 Å². The Labute approximate surface area is 818 Å². The molecular formula is C120H109BBr2F4O10. The number of phenols is 2. The smallest absolute Gasteiger partial charge is 0.498 e. The first-order chi connectivity index (χ1) is 66.0. The molecule has 16 aromatic rings. The van der Waals surface area contributed by atoms with Gasteiger partial charge in [-0.15, -0.1) is 0 Å². The molecule has 137 heavy (non-hydrogen) atoms. The summed E-state index contributed by atoms with van der Waals surface area (Å²) in [5.41, 5.74) is 22.2. The number of phenolic OH excluding ortho intramolecular Hbond substituents is 2. The molecule has 0 saturated carbocycles. The summed E-state index contributed by atoms with van der Waals surface area (Å²) in [4.78, 5) is 0. The predicted octanol–water partition coefficient (Wildman–Crippen LogP) is 32.3. The molecule has 2 heterocycles. The summed E-state index contributed by atoms with van der Waals surface area (Å²) < 4.78 is 109. The average Bonchev–Trinajstić information content (AvgIpc) is 1.63. The van der Waals surface area contributed by atoms with Gasteiger partial charge in [-0.05, 0) is 373 Å². The highest BCUT2D eigenvalue weighted by Crippen LogP contribution is 2.50. The van der Waals surface area contributed by atoms with Crippen molar-refractivity contribution < 1.29 is 65.5 Å². The Morgan fingerprint density at radius 3 is 0.912 bits per heavy atom. The molecule has 694 valence electrons. The van der Waals surface area contributed by atoms with Gasteiger partial charge in [-0.2, -0.15) is 0 Å². The second-order valence-corrected chi connectivity index (χ2v) is 38.1. The van der Waals surface area contributed by atoms with Gasteiger partial charge < -0.3 is 47.9 Å². The number of rotatable bonds is 26. The van der Waals surface area contributed by atoms with Crippen LogP contribution in [-0.4, -0.2) is 65.8 Å². The monoisotopic (exact) mass is 1950 g/mol. The first kappa shape index (κ1) is 96.9. The minimum atomic E-state index is -0.553. The van der Waals surface area contributed by atoms with Crippen LogP contribution in [0.3, 0.4) is 0 Å². The van der Waals surface area contributed by atoms with E-state index in [9.17, 15) is 19.0 Å². The Hall–Kier alpha value is -13.3. The van der Waals surface area contributed by atoms with E-state index < -0.39 is 42.2 Å². The van der Waals surface area contributed by atoms with Gasteiger partial charge >= 0.3 is 7.12 Å². The molecule has 1 unspecified atom stereocenters. The minimum Gasteiger partial charge on any atom is -0.507 e. The van der Waals surface area contributed by atoms with Crippen LogP contribution in [-0.2, 0) is 14.0 Å². The zero-order valence-corrected chi connectivity index (χ0v) is 81.7. The topological polar surface area (TPSA) is 114 Å². The summed E-state index contributed by atoms with van der Waals surface area (Å²) in [6.45, 7) is 22.7. The van der Waals surface area contributed by atoms with Gasteiger partial charge in [0.15, 0.2) is 6.29 Å². The second-order valence-electron chi connectivity index (χ2n) is 36.4. The molecule has 2 aliphatic rings. The number of aryl methyl sites for hydroxylation is 3. The molecule has 0 aliphatic carbocycles. The fraction of sp³-hybridized carbons (Fsp3) is 0.200. The van der Waals surface area contributed by atoms with Gasteiger partial charge in [0.25, 0.3) is 0 Å². The molecular weight excluding hydrogens is 1850 g/mol. The Morgan fingerprint density at radius 2 is 0.599 bits per heavy atom. The highest BCUT2D eigenvalue weighted by Gasteiger charge is 2.53. The third-order valence-corrected chi connectivity index (χ3v) is 26.2. The van der Waals surface area contributed by atoms with E-state index in [-0.39, 0.29) is 41.6 Å². The van der Waals surface area contributed by atoms with Crippen LogP contribution in [0.4, 0.5) is 17.6 Å². The lowest BCUT2D eigenvalue weighted by molar-refractivity contribution is -0.105. The van der Waals surface area contributed by atoms with E-state index in [0.29, 0.717) is 84.8 Å². The quantitative estimate of drug-likeness (QED) is 0.0401. The van der Waals surface area contributed by atoms with E-state index in [1.54, 1.807) is 24.3 Å².